The van der Waals surface area contributed by atoms with Crippen LogP contribution in [0.15, 0.2) is 54.6 Å². The molecular weight excluding hydrogens is 313 g/mol. The van der Waals surface area contributed by atoms with Gasteiger partial charge in [0.05, 0.1) is 11.2 Å². The van der Waals surface area contributed by atoms with Crippen molar-refractivity contribution in [1.82, 2.24) is 4.98 Å². The van der Waals surface area contributed by atoms with E-state index in [4.69, 9.17) is 4.98 Å². The normalized spacial score (nSPS) is 14.7. The molecule has 2 nitrogen and oxygen atoms in total. The van der Waals surface area contributed by atoms with Crippen LogP contribution >= 0.6 is 0 Å². The molecule has 0 saturated heterocycles. The van der Waals surface area contributed by atoms with E-state index in [-0.39, 0.29) is 5.82 Å². The summed E-state index contributed by atoms with van der Waals surface area (Å²) in [5.74, 6) is 0.181. The van der Waals surface area contributed by atoms with E-state index < -0.39 is 0 Å². The van der Waals surface area contributed by atoms with Gasteiger partial charge < -0.3 is 0 Å². The maximum atomic E-state index is 13.4. The number of hydrogen-bond donors (Lipinski definition) is 0. The van der Waals surface area contributed by atoms with E-state index in [0.717, 1.165) is 58.0 Å². The highest BCUT2D eigenvalue weighted by Gasteiger charge is 2.30. The number of pyridine rings is 1. The van der Waals surface area contributed by atoms with E-state index in [1.165, 1.54) is 12.1 Å². The third-order valence-electron chi connectivity index (χ3n) is 4.73. The molecule has 3 aromatic rings. The van der Waals surface area contributed by atoms with Crippen molar-refractivity contribution in [2.45, 2.75) is 25.7 Å². The first-order valence-corrected chi connectivity index (χ1v) is 8.50. The molecule has 1 fully saturated rings. The van der Waals surface area contributed by atoms with Crippen LogP contribution in [0.3, 0.4) is 0 Å². The summed E-state index contributed by atoms with van der Waals surface area (Å²) < 4.78 is 13.4. The minimum atomic E-state index is -0.258. The van der Waals surface area contributed by atoms with Gasteiger partial charge in [-0.05, 0) is 55.2 Å². The number of benzene rings is 2. The van der Waals surface area contributed by atoms with Gasteiger partial charge in [0.2, 0.25) is 0 Å². The van der Waals surface area contributed by atoms with Crippen LogP contribution in [-0.4, -0.2) is 11.3 Å². The molecule has 1 aliphatic rings. The lowest BCUT2D eigenvalue weighted by molar-refractivity contribution is -0.104. The maximum absolute atomic E-state index is 13.4. The molecule has 2 aromatic carbocycles. The van der Waals surface area contributed by atoms with Crippen LogP contribution in [0, 0.1) is 5.82 Å². The summed E-state index contributed by atoms with van der Waals surface area (Å²) in [6.45, 7) is 1.94. The van der Waals surface area contributed by atoms with Gasteiger partial charge >= 0.3 is 0 Å². The van der Waals surface area contributed by atoms with Gasteiger partial charge in [-0.15, -0.1) is 0 Å². The molecule has 0 aliphatic heterocycles. The first-order chi connectivity index (χ1) is 12.2. The van der Waals surface area contributed by atoms with Gasteiger partial charge in [-0.25, -0.2) is 4.39 Å². The number of hydrogen-bond acceptors (Lipinski definition) is 2. The summed E-state index contributed by atoms with van der Waals surface area (Å²) in [4.78, 5) is 16.0. The van der Waals surface area contributed by atoms with Gasteiger partial charge in [-0.3, -0.25) is 9.78 Å². The summed E-state index contributed by atoms with van der Waals surface area (Å²) in [7, 11) is 0. The Bertz CT molecular complexity index is 985. The Kier molecular flexibility index (Phi) is 3.92. The molecule has 1 aromatic heterocycles. The van der Waals surface area contributed by atoms with E-state index >= 15 is 0 Å². The van der Waals surface area contributed by atoms with E-state index in [9.17, 15) is 9.18 Å². The summed E-state index contributed by atoms with van der Waals surface area (Å²) in [5, 5.41) is 1.02. The molecule has 0 amide bonds. The summed E-state index contributed by atoms with van der Waals surface area (Å²) >= 11 is 0. The van der Waals surface area contributed by atoms with Crippen molar-refractivity contribution in [3.63, 3.8) is 0 Å². The molecule has 0 unspecified atom stereocenters. The van der Waals surface area contributed by atoms with Crippen LogP contribution in [0.5, 0.6) is 0 Å². The zero-order valence-electron chi connectivity index (χ0n) is 14.0. The molecule has 1 heterocycles. The molecule has 4 rings (SSSR count). The highest BCUT2D eigenvalue weighted by Crippen LogP contribution is 2.46. The standard InChI is InChI=1S/C22H18FNO/c1-14(12-13-25)20-21(15-8-10-17(23)11-9-15)18-4-2-3-5-19(18)24-22(20)16-6-7-16/h2-5,8-13,16H,6-7H2,1H3. The van der Waals surface area contributed by atoms with Crippen LogP contribution in [0.25, 0.3) is 27.6 Å². The van der Waals surface area contributed by atoms with Gasteiger partial charge in [0.1, 0.15) is 12.1 Å². The van der Waals surface area contributed by atoms with Crippen molar-refractivity contribution >= 4 is 22.8 Å². The number of para-hydroxylation sites is 1. The van der Waals surface area contributed by atoms with E-state index in [1.807, 2.05) is 31.2 Å². The SMILES string of the molecule is CC(=CC=O)c1c(C2CC2)nc2ccccc2c1-c1ccc(F)cc1. The third kappa shape index (κ3) is 2.86. The Hall–Kier alpha value is -2.81. The summed E-state index contributed by atoms with van der Waals surface area (Å²) in [5.41, 5.74) is 5.87. The number of aromatic nitrogens is 1. The molecule has 25 heavy (non-hydrogen) atoms. The average molecular weight is 331 g/mol. The topological polar surface area (TPSA) is 30.0 Å². The largest absolute Gasteiger partial charge is 0.299 e. The minimum absolute atomic E-state index is 0.258. The fraction of sp³-hybridized carbons (Fsp3) is 0.182. The van der Waals surface area contributed by atoms with Gasteiger partial charge in [0.25, 0.3) is 0 Å². The Labute approximate surface area is 146 Å². The van der Waals surface area contributed by atoms with E-state index in [2.05, 4.69) is 0 Å². The van der Waals surface area contributed by atoms with Crippen molar-refractivity contribution in [1.29, 1.82) is 0 Å². The fourth-order valence-corrected chi connectivity index (χ4v) is 3.38. The average Bonchev–Trinajstić information content (AvgIpc) is 3.46. The monoisotopic (exact) mass is 331 g/mol. The second-order valence-electron chi connectivity index (χ2n) is 6.53. The van der Waals surface area contributed by atoms with E-state index in [0.29, 0.717) is 5.92 Å². The lowest BCUT2D eigenvalue weighted by Crippen LogP contribution is -2.01. The second-order valence-corrected chi connectivity index (χ2v) is 6.53. The molecule has 1 aliphatic carbocycles. The quantitative estimate of drug-likeness (QED) is 0.465. The first-order valence-electron chi connectivity index (χ1n) is 8.50. The van der Waals surface area contributed by atoms with Crippen LogP contribution in [0.4, 0.5) is 4.39 Å². The zero-order valence-corrected chi connectivity index (χ0v) is 14.0. The highest BCUT2D eigenvalue weighted by molar-refractivity contribution is 6.02. The number of halogens is 1. The zero-order chi connectivity index (χ0) is 17.4. The summed E-state index contributed by atoms with van der Waals surface area (Å²) in [6, 6.07) is 14.6. The van der Waals surface area contributed by atoms with Crippen LogP contribution in [0.1, 0.15) is 36.9 Å². The number of rotatable bonds is 4. The molecule has 3 heteroatoms. The number of carbonyl (C=O) groups excluding carboxylic acids is 1. The van der Waals surface area contributed by atoms with Gasteiger partial charge in [-0.1, -0.05) is 30.3 Å². The number of carbonyl (C=O) groups is 1. The van der Waals surface area contributed by atoms with Crippen molar-refractivity contribution < 1.29 is 9.18 Å². The molecule has 0 atom stereocenters. The van der Waals surface area contributed by atoms with Crippen LogP contribution < -0.4 is 0 Å². The Morgan fingerprint density at radius 2 is 1.84 bits per heavy atom. The van der Waals surface area contributed by atoms with Crippen LogP contribution in [0.2, 0.25) is 0 Å². The van der Waals surface area contributed by atoms with Crippen molar-refractivity contribution in [2.24, 2.45) is 0 Å². The Balaban J connectivity index is 2.12. The van der Waals surface area contributed by atoms with Crippen LogP contribution in [-0.2, 0) is 4.79 Å². The number of fused-ring (bicyclic) bond motifs is 1. The fourth-order valence-electron chi connectivity index (χ4n) is 3.38. The number of aldehydes is 1. The number of nitrogens with zero attached hydrogens (tertiary/aromatic N) is 1. The summed E-state index contributed by atoms with van der Waals surface area (Å²) in [6.07, 6.45) is 4.64. The van der Waals surface area contributed by atoms with Crippen molar-refractivity contribution in [3.05, 3.63) is 71.7 Å². The Morgan fingerprint density at radius 3 is 2.52 bits per heavy atom. The maximum Gasteiger partial charge on any atom is 0.143 e. The molecule has 124 valence electrons. The lowest BCUT2D eigenvalue weighted by atomic mass is 9.89. The number of allylic oxidation sites excluding steroid dienone is 2. The van der Waals surface area contributed by atoms with Gasteiger partial charge in [-0.2, -0.15) is 0 Å². The highest BCUT2D eigenvalue weighted by atomic mass is 19.1. The molecule has 0 spiro atoms. The van der Waals surface area contributed by atoms with Gasteiger partial charge in [0, 0.05) is 22.4 Å². The molecule has 1 saturated carbocycles. The molecular formula is C22H18FNO. The molecule has 0 bridgehead atoms. The third-order valence-corrected chi connectivity index (χ3v) is 4.73. The lowest BCUT2D eigenvalue weighted by Gasteiger charge is -2.18. The van der Waals surface area contributed by atoms with E-state index in [1.54, 1.807) is 18.2 Å². The second kappa shape index (κ2) is 6.25. The van der Waals surface area contributed by atoms with Crippen molar-refractivity contribution in [2.75, 3.05) is 0 Å². The predicted molar refractivity (Wildman–Crippen MR) is 98.8 cm³/mol. The van der Waals surface area contributed by atoms with Gasteiger partial charge in [0.15, 0.2) is 0 Å². The Morgan fingerprint density at radius 1 is 1.12 bits per heavy atom. The smallest absolute Gasteiger partial charge is 0.143 e. The van der Waals surface area contributed by atoms with Crippen molar-refractivity contribution in [3.8, 4) is 11.1 Å². The molecule has 0 radical (unpaired) electrons. The minimum Gasteiger partial charge on any atom is -0.299 e. The predicted octanol–water partition coefficient (Wildman–Crippen LogP) is 5.52. The first kappa shape index (κ1) is 15.7. The molecule has 0 N–H and O–H groups in total.